The largest absolute Gasteiger partial charge is 0.444 e. The first-order valence-electron chi connectivity index (χ1n) is 10.1. The topological polar surface area (TPSA) is 96.7 Å². The highest BCUT2D eigenvalue weighted by Gasteiger charge is 2.30. The number of carbonyl (C=O) groups excluding carboxylic acids is 1. The molecule has 1 aliphatic heterocycles. The second kappa shape index (κ2) is 12.2. The molecular weight excluding hydrogens is 485 g/mol. The third-order valence-electron chi connectivity index (χ3n) is 4.64. The van der Waals surface area contributed by atoms with Crippen LogP contribution in [0.5, 0.6) is 0 Å². The van der Waals surface area contributed by atoms with Gasteiger partial charge < -0.3 is 24.8 Å². The van der Waals surface area contributed by atoms with E-state index in [9.17, 15) is 4.79 Å². The fraction of sp³-hybridized carbons (Fsp3) is 0.789. The van der Waals surface area contributed by atoms with Crippen LogP contribution in [0.4, 0.5) is 4.79 Å². The summed E-state index contributed by atoms with van der Waals surface area (Å²) in [6, 6.07) is 0.103. The molecule has 0 bridgehead atoms. The molecule has 0 aromatic carbocycles. The van der Waals surface area contributed by atoms with Crippen LogP contribution in [0.1, 0.15) is 52.8 Å². The number of carbonyl (C=O) groups is 1. The zero-order valence-electron chi connectivity index (χ0n) is 18.3. The van der Waals surface area contributed by atoms with Crippen molar-refractivity contribution in [1.29, 1.82) is 0 Å². The molecular formula is C19H36IN7O2. The number of nitrogens with one attached hydrogen (secondary N) is 2. The third-order valence-corrected chi connectivity index (χ3v) is 4.64. The van der Waals surface area contributed by atoms with Crippen LogP contribution >= 0.6 is 24.0 Å². The van der Waals surface area contributed by atoms with Gasteiger partial charge in [0, 0.05) is 39.6 Å². The number of hydrogen-bond acceptors (Lipinski definition) is 5. The van der Waals surface area contributed by atoms with Crippen LogP contribution in [0.15, 0.2) is 11.3 Å². The number of aromatic nitrogens is 3. The van der Waals surface area contributed by atoms with Crippen LogP contribution in [0, 0.1) is 0 Å². The first-order valence-corrected chi connectivity index (χ1v) is 10.1. The van der Waals surface area contributed by atoms with Crippen LogP contribution < -0.4 is 10.6 Å². The average molecular weight is 521 g/mol. The minimum absolute atomic E-state index is 0. The number of rotatable bonds is 6. The Labute approximate surface area is 191 Å². The Morgan fingerprint density at radius 2 is 2.10 bits per heavy atom. The quantitative estimate of drug-likeness (QED) is 0.339. The molecule has 1 atom stereocenters. The number of aryl methyl sites for hydroxylation is 1. The third kappa shape index (κ3) is 8.35. The van der Waals surface area contributed by atoms with E-state index in [0.29, 0.717) is 13.1 Å². The summed E-state index contributed by atoms with van der Waals surface area (Å²) in [6.45, 7) is 10.6. The van der Waals surface area contributed by atoms with Crippen molar-refractivity contribution in [2.24, 2.45) is 4.99 Å². The smallest absolute Gasteiger partial charge is 0.410 e. The Hall–Kier alpha value is -1.59. The lowest BCUT2D eigenvalue weighted by atomic mass is 10.0. The van der Waals surface area contributed by atoms with Crippen molar-refractivity contribution in [1.82, 2.24) is 30.3 Å². The summed E-state index contributed by atoms with van der Waals surface area (Å²) < 4.78 is 7.60. The Bertz CT molecular complexity index is 657. The number of amides is 1. The van der Waals surface area contributed by atoms with E-state index < -0.39 is 5.60 Å². The van der Waals surface area contributed by atoms with Gasteiger partial charge in [0.1, 0.15) is 17.8 Å². The first kappa shape index (κ1) is 25.4. The molecule has 0 radical (unpaired) electrons. The van der Waals surface area contributed by atoms with Gasteiger partial charge in [0.25, 0.3) is 0 Å². The summed E-state index contributed by atoms with van der Waals surface area (Å²) in [7, 11) is 1.75. The number of guanidine groups is 1. The molecule has 2 heterocycles. The van der Waals surface area contributed by atoms with Gasteiger partial charge >= 0.3 is 6.09 Å². The highest BCUT2D eigenvalue weighted by molar-refractivity contribution is 14.0. The molecule has 29 heavy (non-hydrogen) atoms. The van der Waals surface area contributed by atoms with Crippen LogP contribution in [0.2, 0.25) is 0 Å². The van der Waals surface area contributed by atoms with Crippen molar-refractivity contribution in [3.8, 4) is 0 Å². The molecule has 2 N–H and O–H groups in total. The summed E-state index contributed by atoms with van der Waals surface area (Å²) in [5, 5.41) is 14.7. The molecule has 1 saturated heterocycles. The van der Waals surface area contributed by atoms with Crippen LogP contribution in [0.3, 0.4) is 0 Å². The van der Waals surface area contributed by atoms with Gasteiger partial charge in [0.2, 0.25) is 0 Å². The molecule has 1 fully saturated rings. The number of likely N-dealkylation sites (tertiary alicyclic amines) is 1. The average Bonchev–Trinajstić information content (AvgIpc) is 3.10. The fourth-order valence-electron chi connectivity index (χ4n) is 3.24. The van der Waals surface area contributed by atoms with Crippen molar-refractivity contribution >= 4 is 36.0 Å². The predicted octanol–water partition coefficient (Wildman–Crippen LogP) is 2.41. The van der Waals surface area contributed by atoms with Gasteiger partial charge in [-0.25, -0.2) is 4.79 Å². The van der Waals surface area contributed by atoms with E-state index in [4.69, 9.17) is 4.74 Å². The van der Waals surface area contributed by atoms with Gasteiger partial charge in [-0.15, -0.1) is 34.2 Å². The van der Waals surface area contributed by atoms with Crippen molar-refractivity contribution in [3.63, 3.8) is 0 Å². The monoisotopic (exact) mass is 521 g/mol. The van der Waals surface area contributed by atoms with Gasteiger partial charge in [-0.1, -0.05) is 6.92 Å². The first-order chi connectivity index (χ1) is 13.3. The van der Waals surface area contributed by atoms with E-state index in [-0.39, 0.29) is 36.1 Å². The maximum Gasteiger partial charge on any atom is 0.410 e. The minimum Gasteiger partial charge on any atom is -0.444 e. The molecule has 9 nitrogen and oxygen atoms in total. The number of nitrogens with zero attached hydrogens (tertiary/aromatic N) is 5. The molecule has 1 aromatic rings. The second-order valence-electron chi connectivity index (χ2n) is 8.00. The predicted molar refractivity (Wildman–Crippen MR) is 125 cm³/mol. The van der Waals surface area contributed by atoms with E-state index in [1.807, 2.05) is 30.2 Å². The second-order valence-corrected chi connectivity index (χ2v) is 8.00. The molecule has 0 saturated carbocycles. The molecule has 2 rings (SSSR count). The van der Waals surface area contributed by atoms with Gasteiger partial charge in [-0.05, 0) is 40.0 Å². The van der Waals surface area contributed by atoms with E-state index in [0.717, 1.165) is 50.6 Å². The lowest BCUT2D eigenvalue weighted by Gasteiger charge is -2.37. The van der Waals surface area contributed by atoms with Gasteiger partial charge in [0.05, 0.1) is 6.04 Å². The molecule has 1 aromatic heterocycles. The fourth-order valence-corrected chi connectivity index (χ4v) is 3.24. The summed E-state index contributed by atoms with van der Waals surface area (Å²) in [5.74, 6) is 1.70. The van der Waals surface area contributed by atoms with Crippen molar-refractivity contribution < 1.29 is 9.53 Å². The SMILES string of the molecule is CCc1nncn1CCNC(=NC)NCC1CCCCN1C(=O)OC(C)(C)C.I. The van der Waals surface area contributed by atoms with Crippen LogP contribution in [-0.4, -0.2) is 70.0 Å². The zero-order chi connectivity index (χ0) is 20.6. The lowest BCUT2D eigenvalue weighted by Crippen LogP contribution is -2.52. The molecule has 1 unspecified atom stereocenters. The standard InChI is InChI=1S/C19H35N7O2.HI/c1-6-16-24-23-14-25(16)12-10-21-17(20-5)22-13-15-9-7-8-11-26(15)18(27)28-19(2,3)4;/h14-15H,6-13H2,1-5H3,(H2,20,21,22);1H. The Morgan fingerprint density at radius 3 is 2.76 bits per heavy atom. The summed E-state index contributed by atoms with van der Waals surface area (Å²) >= 11 is 0. The number of aliphatic imine (C=N–C) groups is 1. The van der Waals surface area contributed by atoms with E-state index in [1.165, 1.54) is 0 Å². The number of piperidine rings is 1. The van der Waals surface area contributed by atoms with E-state index in [1.54, 1.807) is 13.4 Å². The molecule has 166 valence electrons. The molecule has 1 aliphatic rings. The summed E-state index contributed by atoms with van der Waals surface area (Å²) in [5.41, 5.74) is -0.483. The molecule has 0 spiro atoms. The lowest BCUT2D eigenvalue weighted by molar-refractivity contribution is 0.0104. The van der Waals surface area contributed by atoms with Crippen LogP contribution in [0.25, 0.3) is 0 Å². The molecule has 1 amide bonds. The van der Waals surface area contributed by atoms with Gasteiger partial charge in [-0.2, -0.15) is 0 Å². The number of ether oxygens (including phenoxy) is 1. The van der Waals surface area contributed by atoms with Gasteiger partial charge in [-0.3, -0.25) is 4.99 Å². The van der Waals surface area contributed by atoms with Crippen molar-refractivity contribution in [2.45, 2.75) is 71.6 Å². The van der Waals surface area contributed by atoms with Gasteiger partial charge in [0.15, 0.2) is 5.96 Å². The molecule has 10 heteroatoms. The van der Waals surface area contributed by atoms with Crippen molar-refractivity contribution in [2.75, 3.05) is 26.7 Å². The highest BCUT2D eigenvalue weighted by atomic mass is 127. The Morgan fingerprint density at radius 1 is 1.34 bits per heavy atom. The normalized spacial score (nSPS) is 17.5. The Balaban J connectivity index is 0.00000420. The zero-order valence-corrected chi connectivity index (χ0v) is 20.6. The number of halogens is 1. The van der Waals surface area contributed by atoms with E-state index in [2.05, 4.69) is 32.7 Å². The summed E-state index contributed by atoms with van der Waals surface area (Å²) in [6.07, 6.45) is 5.46. The maximum absolute atomic E-state index is 12.5. The maximum atomic E-state index is 12.5. The molecule has 0 aliphatic carbocycles. The number of hydrogen-bond donors (Lipinski definition) is 2. The van der Waals surface area contributed by atoms with E-state index >= 15 is 0 Å². The summed E-state index contributed by atoms with van der Waals surface area (Å²) in [4.78, 5) is 18.6. The highest BCUT2D eigenvalue weighted by Crippen LogP contribution is 2.20. The van der Waals surface area contributed by atoms with Crippen LogP contribution in [-0.2, 0) is 17.7 Å². The minimum atomic E-state index is -0.483. The Kier molecular flexibility index (Phi) is 10.7. The van der Waals surface area contributed by atoms with Crippen molar-refractivity contribution in [3.05, 3.63) is 12.2 Å².